The van der Waals surface area contributed by atoms with Crippen LogP contribution in [-0.4, -0.2) is 11.1 Å². The van der Waals surface area contributed by atoms with Crippen molar-refractivity contribution in [1.82, 2.24) is 0 Å². The van der Waals surface area contributed by atoms with Crippen LogP contribution in [0.15, 0.2) is 53.6 Å². The zero-order chi connectivity index (χ0) is 16.2. The molecule has 0 fully saturated rings. The second-order valence-corrected chi connectivity index (χ2v) is 4.29. The number of nitrogens with zero attached hydrogens (tertiary/aromatic N) is 2. The Morgan fingerprint density at radius 3 is 2.14 bits per heavy atom. The van der Waals surface area contributed by atoms with Gasteiger partial charge in [-0.25, -0.2) is 0 Å². The number of non-ortho nitro benzene ring substituents is 1. The molecule has 0 aliphatic rings. The van der Waals surface area contributed by atoms with Crippen LogP contribution in [0.5, 0.6) is 0 Å². The van der Waals surface area contributed by atoms with Crippen LogP contribution in [0.2, 0.25) is 0 Å². The Morgan fingerprint density at radius 2 is 1.64 bits per heavy atom. The Bertz CT molecular complexity index is 680. The lowest BCUT2D eigenvalue weighted by molar-refractivity contribution is -0.384. The normalized spacial score (nSPS) is 11.6. The average Bonchev–Trinajstić information content (AvgIpc) is 2.47. The Labute approximate surface area is 123 Å². The minimum absolute atomic E-state index is 0.0442. The van der Waals surface area contributed by atoms with Gasteiger partial charge >= 0.3 is 6.18 Å². The highest BCUT2D eigenvalue weighted by Crippen LogP contribution is 2.28. The van der Waals surface area contributed by atoms with Gasteiger partial charge < -0.3 is 0 Å². The lowest BCUT2D eigenvalue weighted by Gasteiger charge is -2.05. The number of rotatable bonds is 4. The third-order valence-electron chi connectivity index (χ3n) is 2.72. The number of halogens is 3. The molecule has 114 valence electrons. The molecule has 0 aromatic heterocycles. The summed E-state index contributed by atoms with van der Waals surface area (Å²) in [6.07, 6.45) is -3.02. The Kier molecular flexibility index (Phi) is 4.40. The van der Waals surface area contributed by atoms with Crippen molar-refractivity contribution in [2.45, 2.75) is 6.18 Å². The number of hydrogen-bond acceptors (Lipinski definition) is 4. The molecule has 22 heavy (non-hydrogen) atoms. The maximum absolute atomic E-state index is 12.4. The first kappa shape index (κ1) is 15.5. The fraction of sp³-hybridized carbons (Fsp3) is 0.0714. The van der Waals surface area contributed by atoms with Crippen LogP contribution in [0.4, 0.5) is 24.5 Å². The first-order valence-electron chi connectivity index (χ1n) is 6.07. The van der Waals surface area contributed by atoms with E-state index >= 15 is 0 Å². The van der Waals surface area contributed by atoms with Gasteiger partial charge in [-0.1, -0.05) is 12.1 Å². The predicted molar refractivity (Wildman–Crippen MR) is 75.8 cm³/mol. The van der Waals surface area contributed by atoms with Gasteiger partial charge in [0, 0.05) is 12.1 Å². The van der Waals surface area contributed by atoms with Crippen LogP contribution >= 0.6 is 0 Å². The van der Waals surface area contributed by atoms with E-state index in [1.54, 1.807) is 0 Å². The first-order valence-corrected chi connectivity index (χ1v) is 6.07. The molecule has 0 bridgehead atoms. The number of nitrogens with one attached hydrogen (secondary N) is 1. The molecule has 0 spiro atoms. The Balaban J connectivity index is 1.99. The van der Waals surface area contributed by atoms with Crippen LogP contribution in [0.25, 0.3) is 0 Å². The lowest BCUT2D eigenvalue weighted by atomic mass is 10.1. The summed E-state index contributed by atoms with van der Waals surface area (Å²) in [6, 6.07) is 10.1. The van der Waals surface area contributed by atoms with E-state index in [9.17, 15) is 23.3 Å². The number of benzene rings is 2. The van der Waals surface area contributed by atoms with Crippen LogP contribution in [0.1, 0.15) is 11.1 Å². The van der Waals surface area contributed by atoms with Gasteiger partial charge in [-0.3, -0.25) is 15.5 Å². The molecule has 0 saturated heterocycles. The molecule has 0 saturated carbocycles. The highest BCUT2D eigenvalue weighted by atomic mass is 19.4. The van der Waals surface area contributed by atoms with Gasteiger partial charge in [0.25, 0.3) is 5.69 Å². The van der Waals surface area contributed by atoms with Crippen molar-refractivity contribution >= 4 is 17.6 Å². The summed E-state index contributed by atoms with van der Waals surface area (Å²) in [4.78, 5) is 9.97. The number of anilines is 1. The fourth-order valence-electron chi connectivity index (χ4n) is 1.60. The zero-order valence-corrected chi connectivity index (χ0v) is 11.0. The van der Waals surface area contributed by atoms with Crippen molar-refractivity contribution in [1.29, 1.82) is 0 Å². The maximum atomic E-state index is 12.4. The molecule has 2 rings (SSSR count). The molecule has 2 aromatic rings. The third kappa shape index (κ3) is 4.05. The van der Waals surface area contributed by atoms with E-state index < -0.39 is 16.7 Å². The van der Waals surface area contributed by atoms with Gasteiger partial charge in [-0.2, -0.15) is 18.3 Å². The van der Waals surface area contributed by atoms with E-state index in [2.05, 4.69) is 10.5 Å². The van der Waals surface area contributed by atoms with Crippen LogP contribution in [0, 0.1) is 10.1 Å². The fourth-order valence-corrected chi connectivity index (χ4v) is 1.60. The second kappa shape index (κ2) is 6.25. The highest BCUT2D eigenvalue weighted by molar-refractivity contribution is 5.80. The van der Waals surface area contributed by atoms with Crippen molar-refractivity contribution in [2.75, 3.05) is 5.43 Å². The van der Waals surface area contributed by atoms with E-state index in [1.807, 2.05) is 0 Å². The molecular weight excluding hydrogens is 299 g/mol. The number of nitro groups is 1. The lowest BCUT2D eigenvalue weighted by Crippen LogP contribution is -2.04. The molecule has 5 nitrogen and oxygen atoms in total. The van der Waals surface area contributed by atoms with E-state index in [1.165, 1.54) is 42.6 Å². The van der Waals surface area contributed by atoms with Crippen molar-refractivity contribution < 1.29 is 18.1 Å². The molecule has 0 unspecified atom stereocenters. The van der Waals surface area contributed by atoms with Crippen molar-refractivity contribution in [3.8, 4) is 0 Å². The minimum atomic E-state index is -4.37. The number of hydrogen-bond donors (Lipinski definition) is 1. The van der Waals surface area contributed by atoms with Crippen LogP contribution < -0.4 is 5.43 Å². The van der Waals surface area contributed by atoms with Gasteiger partial charge in [0.15, 0.2) is 0 Å². The average molecular weight is 309 g/mol. The van der Waals surface area contributed by atoms with Gasteiger partial charge in [0.1, 0.15) is 0 Å². The SMILES string of the molecule is O=[N+]([O-])c1ccc(N/N=C\c2ccc(C(F)(F)F)cc2)cc1. The maximum Gasteiger partial charge on any atom is 0.416 e. The molecule has 2 aromatic carbocycles. The molecule has 0 radical (unpaired) electrons. The van der Waals surface area contributed by atoms with Crippen molar-refractivity contribution in [3.63, 3.8) is 0 Å². The van der Waals surface area contributed by atoms with Crippen LogP contribution in [0.3, 0.4) is 0 Å². The summed E-state index contributed by atoms with van der Waals surface area (Å²) >= 11 is 0. The third-order valence-corrected chi connectivity index (χ3v) is 2.72. The van der Waals surface area contributed by atoms with Gasteiger partial charge in [-0.15, -0.1) is 0 Å². The molecule has 0 heterocycles. The summed E-state index contributed by atoms with van der Waals surface area (Å²) in [7, 11) is 0. The molecule has 0 aliphatic carbocycles. The van der Waals surface area contributed by atoms with E-state index in [0.717, 1.165) is 12.1 Å². The molecular formula is C14H10F3N3O2. The first-order chi connectivity index (χ1) is 10.4. The Hall–Kier alpha value is -2.90. The number of alkyl halides is 3. The number of hydrazone groups is 1. The van der Waals surface area contributed by atoms with E-state index in [-0.39, 0.29) is 5.69 Å². The largest absolute Gasteiger partial charge is 0.416 e. The summed E-state index contributed by atoms with van der Waals surface area (Å²) in [5.74, 6) is 0. The highest BCUT2D eigenvalue weighted by Gasteiger charge is 2.29. The number of nitro benzene ring substituents is 1. The summed E-state index contributed by atoms with van der Waals surface area (Å²) < 4.78 is 37.2. The minimum Gasteiger partial charge on any atom is -0.278 e. The predicted octanol–water partition coefficient (Wildman–Crippen LogP) is 4.06. The van der Waals surface area contributed by atoms with Crippen LogP contribution in [-0.2, 0) is 6.18 Å². The molecule has 0 atom stereocenters. The Morgan fingerprint density at radius 1 is 1.05 bits per heavy atom. The zero-order valence-electron chi connectivity index (χ0n) is 11.0. The molecule has 1 N–H and O–H groups in total. The summed E-state index contributed by atoms with van der Waals surface area (Å²) in [5, 5.41) is 14.3. The smallest absolute Gasteiger partial charge is 0.278 e. The standard InChI is InChI=1S/C14H10F3N3O2/c15-14(16,17)11-3-1-10(2-4-11)9-18-19-12-5-7-13(8-6-12)20(21)22/h1-9,19H/b18-9-. The van der Waals surface area contributed by atoms with E-state index in [4.69, 9.17) is 0 Å². The van der Waals surface area contributed by atoms with Gasteiger partial charge in [-0.05, 0) is 29.8 Å². The molecule has 0 aliphatic heterocycles. The second-order valence-electron chi connectivity index (χ2n) is 4.29. The topological polar surface area (TPSA) is 67.5 Å². The van der Waals surface area contributed by atoms with E-state index in [0.29, 0.717) is 11.3 Å². The molecule has 8 heteroatoms. The molecule has 0 amide bonds. The van der Waals surface area contributed by atoms with Crippen molar-refractivity contribution in [3.05, 3.63) is 69.8 Å². The summed E-state index contributed by atoms with van der Waals surface area (Å²) in [6.45, 7) is 0. The van der Waals surface area contributed by atoms with Gasteiger partial charge in [0.2, 0.25) is 0 Å². The van der Waals surface area contributed by atoms with Crippen molar-refractivity contribution in [2.24, 2.45) is 5.10 Å². The summed E-state index contributed by atoms with van der Waals surface area (Å²) in [5.41, 5.74) is 2.87. The van der Waals surface area contributed by atoms with Gasteiger partial charge in [0.05, 0.1) is 22.4 Å². The quantitative estimate of drug-likeness (QED) is 0.526. The monoisotopic (exact) mass is 309 g/mol.